The molecule has 8 heteroatoms. The highest BCUT2D eigenvalue weighted by atomic mass is 16.4. The van der Waals surface area contributed by atoms with Crippen molar-refractivity contribution in [3.63, 3.8) is 0 Å². The molecule has 0 saturated heterocycles. The summed E-state index contributed by atoms with van der Waals surface area (Å²) in [6.45, 7) is 6.25. The van der Waals surface area contributed by atoms with Crippen LogP contribution in [0.4, 0.5) is 0 Å². The van der Waals surface area contributed by atoms with E-state index >= 15 is 0 Å². The van der Waals surface area contributed by atoms with Gasteiger partial charge in [0.15, 0.2) is 11.6 Å². The van der Waals surface area contributed by atoms with Crippen LogP contribution in [-0.4, -0.2) is 51.8 Å². The molecule has 0 aromatic carbocycles. The molecule has 1 aliphatic carbocycles. The fourth-order valence-electron chi connectivity index (χ4n) is 2.83. The molecular formula is C19H28N2O6. The van der Waals surface area contributed by atoms with Crippen LogP contribution in [0, 0.1) is 0 Å². The molecule has 1 amide bonds. The second-order valence-corrected chi connectivity index (χ2v) is 7.08. The minimum absolute atomic E-state index is 0.0297. The number of carbonyl (C=O) groups is 4. The SMILES string of the molecule is CC1=C(C)C(=O)C(CC[C@](C)(O)C(=O)N[C@H](CCCN)C(=O)O)=C(C)C1=O. The molecule has 0 heterocycles. The predicted molar refractivity (Wildman–Crippen MR) is 98.8 cm³/mol. The first-order valence-electron chi connectivity index (χ1n) is 8.86. The minimum atomic E-state index is -1.89. The Balaban J connectivity index is 2.85. The number of allylic oxidation sites excluding steroid dienone is 4. The van der Waals surface area contributed by atoms with Crippen molar-refractivity contribution in [2.24, 2.45) is 5.73 Å². The Kier molecular flexibility index (Phi) is 7.62. The maximum Gasteiger partial charge on any atom is 0.326 e. The van der Waals surface area contributed by atoms with E-state index in [1.54, 1.807) is 20.8 Å². The molecule has 8 nitrogen and oxygen atoms in total. The summed E-state index contributed by atoms with van der Waals surface area (Å²) in [6.07, 6.45) is 0.462. The fraction of sp³-hybridized carbons (Fsp3) is 0.579. The Morgan fingerprint density at radius 2 is 1.67 bits per heavy atom. The van der Waals surface area contributed by atoms with Crippen molar-refractivity contribution in [2.75, 3.05) is 6.54 Å². The van der Waals surface area contributed by atoms with Crippen LogP contribution in [0.25, 0.3) is 0 Å². The minimum Gasteiger partial charge on any atom is -0.480 e. The molecule has 0 aromatic rings. The molecule has 1 aliphatic rings. The average molecular weight is 380 g/mol. The van der Waals surface area contributed by atoms with Crippen molar-refractivity contribution in [2.45, 2.75) is 65.0 Å². The van der Waals surface area contributed by atoms with Gasteiger partial charge in [-0.1, -0.05) is 0 Å². The second kappa shape index (κ2) is 9.05. The lowest BCUT2D eigenvalue weighted by atomic mass is 9.82. The van der Waals surface area contributed by atoms with E-state index in [0.29, 0.717) is 23.1 Å². The molecule has 0 unspecified atom stereocenters. The van der Waals surface area contributed by atoms with E-state index in [-0.39, 0.29) is 42.9 Å². The number of amides is 1. The molecule has 1 rings (SSSR count). The lowest BCUT2D eigenvalue weighted by Crippen LogP contribution is -2.51. The molecule has 0 bridgehead atoms. The lowest BCUT2D eigenvalue weighted by Gasteiger charge is -2.26. The third-order valence-electron chi connectivity index (χ3n) is 4.96. The number of ketones is 2. The van der Waals surface area contributed by atoms with E-state index in [1.165, 1.54) is 6.92 Å². The molecule has 5 N–H and O–H groups in total. The Morgan fingerprint density at radius 3 is 2.19 bits per heavy atom. The molecule has 0 radical (unpaired) electrons. The van der Waals surface area contributed by atoms with E-state index in [4.69, 9.17) is 10.8 Å². The van der Waals surface area contributed by atoms with Crippen molar-refractivity contribution < 1.29 is 29.4 Å². The van der Waals surface area contributed by atoms with Gasteiger partial charge in [0, 0.05) is 22.3 Å². The number of hydrogen-bond acceptors (Lipinski definition) is 6. The van der Waals surface area contributed by atoms with Gasteiger partial charge in [0.05, 0.1) is 0 Å². The summed E-state index contributed by atoms with van der Waals surface area (Å²) in [4.78, 5) is 48.2. The van der Waals surface area contributed by atoms with Gasteiger partial charge < -0.3 is 21.3 Å². The van der Waals surface area contributed by atoms with Crippen LogP contribution in [-0.2, 0) is 19.2 Å². The number of hydrogen-bond donors (Lipinski definition) is 4. The molecule has 0 fully saturated rings. The second-order valence-electron chi connectivity index (χ2n) is 7.08. The molecule has 0 aromatic heterocycles. The molecule has 27 heavy (non-hydrogen) atoms. The molecule has 2 atom stereocenters. The third kappa shape index (κ3) is 5.33. The summed E-state index contributed by atoms with van der Waals surface area (Å²) in [5, 5.41) is 21.9. The summed E-state index contributed by atoms with van der Waals surface area (Å²) in [6, 6.07) is -1.15. The quantitative estimate of drug-likeness (QED) is 0.429. The van der Waals surface area contributed by atoms with Gasteiger partial charge in [0.2, 0.25) is 0 Å². The first kappa shape index (κ1) is 22.7. The largest absolute Gasteiger partial charge is 0.480 e. The Bertz CT molecular complexity index is 718. The van der Waals surface area contributed by atoms with Gasteiger partial charge in [0.25, 0.3) is 5.91 Å². The number of aliphatic carboxylic acids is 1. The maximum atomic E-state index is 12.4. The van der Waals surface area contributed by atoms with Crippen LogP contribution >= 0.6 is 0 Å². The number of Topliss-reactive ketones (excluding diaryl/α,β-unsaturated/α-hetero) is 2. The number of carbonyl (C=O) groups excluding carboxylic acids is 3. The van der Waals surface area contributed by atoms with Gasteiger partial charge in [-0.2, -0.15) is 0 Å². The smallest absolute Gasteiger partial charge is 0.326 e. The summed E-state index contributed by atoms with van der Waals surface area (Å²) in [7, 11) is 0. The first-order chi connectivity index (χ1) is 12.4. The summed E-state index contributed by atoms with van der Waals surface area (Å²) >= 11 is 0. The predicted octanol–water partition coefficient (Wildman–Crippen LogP) is 0.631. The van der Waals surface area contributed by atoms with Crippen LogP contribution in [0.1, 0.15) is 53.4 Å². The topological polar surface area (TPSA) is 147 Å². The molecular weight excluding hydrogens is 352 g/mol. The van der Waals surface area contributed by atoms with Crippen molar-refractivity contribution in [1.82, 2.24) is 5.32 Å². The van der Waals surface area contributed by atoms with E-state index < -0.39 is 23.5 Å². The van der Waals surface area contributed by atoms with Crippen LogP contribution in [0.3, 0.4) is 0 Å². The van der Waals surface area contributed by atoms with Crippen LogP contribution in [0.15, 0.2) is 22.3 Å². The normalized spacial score (nSPS) is 18.4. The Hall–Kier alpha value is -2.32. The highest BCUT2D eigenvalue weighted by Crippen LogP contribution is 2.29. The van der Waals surface area contributed by atoms with Gasteiger partial charge in [0.1, 0.15) is 11.6 Å². The molecule has 0 saturated carbocycles. The summed E-state index contributed by atoms with van der Waals surface area (Å²) in [5.41, 5.74) is 4.81. The number of nitrogens with one attached hydrogen (secondary N) is 1. The Morgan fingerprint density at radius 1 is 1.11 bits per heavy atom. The highest BCUT2D eigenvalue weighted by Gasteiger charge is 2.35. The monoisotopic (exact) mass is 380 g/mol. The van der Waals surface area contributed by atoms with Crippen molar-refractivity contribution in [3.8, 4) is 0 Å². The highest BCUT2D eigenvalue weighted by molar-refractivity contribution is 6.24. The summed E-state index contributed by atoms with van der Waals surface area (Å²) < 4.78 is 0. The molecule has 0 aliphatic heterocycles. The van der Waals surface area contributed by atoms with Crippen molar-refractivity contribution in [3.05, 3.63) is 22.3 Å². The number of nitrogens with two attached hydrogens (primary N) is 1. The number of carboxylic acids is 1. The number of aliphatic hydroxyl groups is 1. The first-order valence-corrected chi connectivity index (χ1v) is 8.86. The van der Waals surface area contributed by atoms with Gasteiger partial charge in [-0.3, -0.25) is 14.4 Å². The lowest BCUT2D eigenvalue weighted by molar-refractivity contribution is -0.147. The van der Waals surface area contributed by atoms with Gasteiger partial charge in [-0.25, -0.2) is 4.79 Å². The van der Waals surface area contributed by atoms with E-state index in [2.05, 4.69) is 5.32 Å². The zero-order valence-electron chi connectivity index (χ0n) is 16.2. The Labute approximate surface area is 158 Å². The van der Waals surface area contributed by atoms with Gasteiger partial charge in [-0.05, 0) is 59.9 Å². The van der Waals surface area contributed by atoms with E-state index in [1.807, 2.05) is 0 Å². The zero-order chi connectivity index (χ0) is 20.9. The van der Waals surface area contributed by atoms with Crippen LogP contribution in [0.5, 0.6) is 0 Å². The maximum absolute atomic E-state index is 12.4. The number of carboxylic acid groups (broad SMARTS) is 1. The number of rotatable bonds is 9. The van der Waals surface area contributed by atoms with Gasteiger partial charge in [-0.15, -0.1) is 0 Å². The van der Waals surface area contributed by atoms with E-state index in [9.17, 15) is 24.3 Å². The van der Waals surface area contributed by atoms with Crippen molar-refractivity contribution >= 4 is 23.4 Å². The average Bonchev–Trinajstić information content (AvgIpc) is 2.61. The zero-order valence-corrected chi connectivity index (χ0v) is 16.2. The fourth-order valence-corrected chi connectivity index (χ4v) is 2.83. The molecule has 0 spiro atoms. The van der Waals surface area contributed by atoms with Crippen molar-refractivity contribution in [1.29, 1.82) is 0 Å². The summed E-state index contributed by atoms with van der Waals surface area (Å²) in [5.74, 6) is -2.55. The van der Waals surface area contributed by atoms with E-state index in [0.717, 1.165) is 0 Å². The molecule has 150 valence electrons. The third-order valence-corrected chi connectivity index (χ3v) is 4.96. The standard InChI is InChI=1S/C19H28N2O6/c1-10-11(2)16(23)13(12(3)15(10)22)7-8-19(4,27)18(26)21-14(17(24)25)6-5-9-20/h14,27H,5-9,20H2,1-4H3,(H,21,26)(H,24,25)/t14-,19+/m1/s1. The van der Waals surface area contributed by atoms with Crippen LogP contribution < -0.4 is 11.1 Å². The van der Waals surface area contributed by atoms with Crippen LogP contribution in [0.2, 0.25) is 0 Å². The van der Waals surface area contributed by atoms with Gasteiger partial charge >= 0.3 is 5.97 Å².